The lowest BCUT2D eigenvalue weighted by Crippen LogP contribution is -2.12. The summed E-state index contributed by atoms with van der Waals surface area (Å²) >= 11 is 0. The average molecular weight is 320 g/mol. The highest BCUT2D eigenvalue weighted by molar-refractivity contribution is 7.90. The number of aromatic nitrogens is 3. The maximum Gasteiger partial charge on any atom is 0.321 e. The molecular formula is C14H13N3O4S. The molecule has 0 aliphatic rings. The Bertz CT molecular complexity index is 971. The Morgan fingerprint density at radius 1 is 1.09 bits per heavy atom. The van der Waals surface area contributed by atoms with E-state index in [2.05, 4.69) is 9.97 Å². The van der Waals surface area contributed by atoms with Crippen LogP contribution >= 0.6 is 0 Å². The molecule has 3 aromatic rings. The first-order valence-electron chi connectivity index (χ1n) is 6.77. The molecule has 0 aliphatic carbocycles. The number of methoxy groups -OCH3 is 2. The Morgan fingerprint density at radius 3 is 2.45 bits per heavy atom. The number of rotatable bonds is 4. The van der Waals surface area contributed by atoms with Crippen molar-refractivity contribution >= 4 is 21.1 Å². The van der Waals surface area contributed by atoms with E-state index in [-0.39, 0.29) is 28.6 Å². The second kappa shape index (κ2) is 5.30. The summed E-state index contributed by atoms with van der Waals surface area (Å²) in [4.78, 5) is 8.12. The first-order valence-corrected chi connectivity index (χ1v) is 7.71. The molecule has 114 valence electrons. The minimum Gasteiger partial charge on any atom is -0.480 e. The number of benzene rings is 1. The molecule has 0 saturated heterocycles. The van der Waals surface area contributed by atoms with Gasteiger partial charge in [0.2, 0.25) is 5.88 Å². The van der Waals surface area contributed by atoms with Gasteiger partial charge in [-0.1, -0.05) is 18.2 Å². The van der Waals surface area contributed by atoms with Crippen LogP contribution in [0.1, 0.15) is 1.37 Å². The summed E-state index contributed by atoms with van der Waals surface area (Å²) < 4.78 is 44.6. The van der Waals surface area contributed by atoms with Crippen molar-refractivity contribution in [2.45, 2.75) is 4.90 Å². The van der Waals surface area contributed by atoms with Gasteiger partial charge in [-0.05, 0) is 18.2 Å². The third-order valence-corrected chi connectivity index (χ3v) is 4.67. The van der Waals surface area contributed by atoms with Gasteiger partial charge in [-0.3, -0.25) is 0 Å². The molecule has 2 aromatic heterocycles. The molecule has 0 spiro atoms. The van der Waals surface area contributed by atoms with Crippen LogP contribution < -0.4 is 9.47 Å². The fourth-order valence-corrected chi connectivity index (χ4v) is 3.28. The molecule has 2 heterocycles. The second-order valence-corrected chi connectivity index (χ2v) is 6.10. The van der Waals surface area contributed by atoms with Gasteiger partial charge in [0.05, 0.1) is 25.9 Å². The van der Waals surface area contributed by atoms with Gasteiger partial charge in [-0.25, -0.2) is 12.4 Å². The standard InChI is InChI=1S/C14H13N3O4S/c1-20-13-11-8-9-17(12(11)15-14(16-13)21-2)22(18,19)10-6-4-3-5-7-10/h3-9H,1-2H3/i9D. The number of hydrogen-bond donors (Lipinski definition) is 0. The lowest BCUT2D eigenvalue weighted by atomic mass is 10.4. The van der Waals surface area contributed by atoms with Crippen molar-refractivity contribution < 1.29 is 19.3 Å². The van der Waals surface area contributed by atoms with Crippen molar-refractivity contribution in [3.05, 3.63) is 42.6 Å². The van der Waals surface area contributed by atoms with Crippen LogP contribution in [0.5, 0.6) is 11.9 Å². The average Bonchev–Trinajstić information content (AvgIpc) is 2.91. The molecule has 0 radical (unpaired) electrons. The summed E-state index contributed by atoms with van der Waals surface area (Å²) in [5, 5.41) is 0.317. The molecule has 0 aliphatic heterocycles. The van der Waals surface area contributed by atoms with E-state index in [1.807, 2.05) is 0 Å². The molecule has 0 fully saturated rings. The molecule has 0 N–H and O–H groups in total. The zero-order valence-electron chi connectivity index (χ0n) is 12.8. The summed E-state index contributed by atoms with van der Waals surface area (Å²) in [5.41, 5.74) is 0.0301. The van der Waals surface area contributed by atoms with Crippen LogP contribution in [-0.2, 0) is 10.0 Å². The van der Waals surface area contributed by atoms with E-state index in [9.17, 15) is 8.42 Å². The first kappa shape index (κ1) is 13.1. The van der Waals surface area contributed by atoms with Crippen LogP contribution in [0.3, 0.4) is 0 Å². The van der Waals surface area contributed by atoms with Crippen LogP contribution in [0.2, 0.25) is 0 Å². The van der Waals surface area contributed by atoms with Crippen LogP contribution in [0, 0.1) is 0 Å². The van der Waals surface area contributed by atoms with Gasteiger partial charge >= 0.3 is 6.01 Å². The summed E-state index contributed by atoms with van der Waals surface area (Å²) in [5.74, 6) is 0.141. The zero-order chi connectivity index (χ0) is 16.6. The van der Waals surface area contributed by atoms with E-state index in [0.29, 0.717) is 5.39 Å². The lowest BCUT2D eigenvalue weighted by molar-refractivity contribution is 0.356. The quantitative estimate of drug-likeness (QED) is 0.727. The van der Waals surface area contributed by atoms with Crippen molar-refractivity contribution in [2.24, 2.45) is 0 Å². The monoisotopic (exact) mass is 320 g/mol. The third kappa shape index (κ3) is 2.17. The third-order valence-electron chi connectivity index (χ3n) is 3.05. The van der Waals surface area contributed by atoms with Crippen molar-refractivity contribution in [3.8, 4) is 11.9 Å². The molecule has 0 amide bonds. The molecule has 0 bridgehead atoms. The van der Waals surface area contributed by atoms with Crippen LogP contribution in [0.25, 0.3) is 11.0 Å². The van der Waals surface area contributed by atoms with E-state index in [1.54, 1.807) is 18.2 Å². The fraction of sp³-hybridized carbons (Fsp3) is 0.143. The predicted molar refractivity (Wildman–Crippen MR) is 79.7 cm³/mol. The van der Waals surface area contributed by atoms with Crippen LogP contribution in [0.4, 0.5) is 0 Å². The molecule has 0 atom stereocenters. The van der Waals surface area contributed by atoms with Gasteiger partial charge in [0.1, 0.15) is 0 Å². The molecule has 8 heteroatoms. The number of fused-ring (bicyclic) bond motifs is 1. The van der Waals surface area contributed by atoms with E-state index in [1.165, 1.54) is 32.4 Å². The molecule has 22 heavy (non-hydrogen) atoms. The summed E-state index contributed by atoms with van der Waals surface area (Å²) in [6.45, 7) is 0. The Labute approximate surface area is 128 Å². The highest BCUT2D eigenvalue weighted by Gasteiger charge is 2.22. The molecular weight excluding hydrogens is 306 g/mol. The van der Waals surface area contributed by atoms with Crippen LogP contribution in [0.15, 0.2) is 47.5 Å². The van der Waals surface area contributed by atoms with Crippen molar-refractivity contribution in [2.75, 3.05) is 14.2 Å². The summed E-state index contributed by atoms with van der Waals surface area (Å²) in [6.07, 6.45) is -0.246. The largest absolute Gasteiger partial charge is 0.480 e. The Balaban J connectivity index is 2.36. The molecule has 1 aromatic carbocycles. The minimum absolute atomic E-state index is 0.0301. The topological polar surface area (TPSA) is 83.3 Å². The molecule has 0 unspecified atom stereocenters. The maximum atomic E-state index is 12.8. The smallest absolute Gasteiger partial charge is 0.321 e. The summed E-state index contributed by atoms with van der Waals surface area (Å²) in [6, 6.07) is 9.14. The Hall–Kier alpha value is -2.61. The second-order valence-electron chi connectivity index (χ2n) is 4.31. The molecule has 7 nitrogen and oxygen atoms in total. The normalized spacial score (nSPS) is 12.2. The Morgan fingerprint density at radius 2 is 1.82 bits per heavy atom. The van der Waals surface area contributed by atoms with Gasteiger partial charge in [0, 0.05) is 6.17 Å². The zero-order valence-corrected chi connectivity index (χ0v) is 12.7. The van der Waals surface area contributed by atoms with Crippen LogP contribution in [-0.4, -0.2) is 36.6 Å². The number of ether oxygens (including phenoxy) is 2. The highest BCUT2D eigenvalue weighted by atomic mass is 32.2. The lowest BCUT2D eigenvalue weighted by Gasteiger charge is -2.08. The maximum absolute atomic E-state index is 12.8. The van der Waals surface area contributed by atoms with E-state index in [4.69, 9.17) is 10.8 Å². The highest BCUT2D eigenvalue weighted by Crippen LogP contribution is 2.28. The molecule has 3 rings (SSSR count). The van der Waals surface area contributed by atoms with Gasteiger partial charge in [0.25, 0.3) is 10.0 Å². The van der Waals surface area contributed by atoms with E-state index in [0.717, 1.165) is 3.97 Å². The van der Waals surface area contributed by atoms with Gasteiger partial charge in [0.15, 0.2) is 5.65 Å². The van der Waals surface area contributed by atoms with Crippen molar-refractivity contribution in [1.29, 1.82) is 0 Å². The summed E-state index contributed by atoms with van der Waals surface area (Å²) in [7, 11) is -1.22. The number of hydrogen-bond acceptors (Lipinski definition) is 6. The van der Waals surface area contributed by atoms with Gasteiger partial charge in [-0.15, -0.1) is 0 Å². The predicted octanol–water partition coefficient (Wildman–Crippen LogP) is 1.69. The first-order chi connectivity index (χ1) is 11.0. The number of nitrogens with zero attached hydrogens (tertiary/aromatic N) is 3. The minimum atomic E-state index is -3.98. The van der Waals surface area contributed by atoms with Crippen molar-refractivity contribution in [1.82, 2.24) is 13.9 Å². The van der Waals surface area contributed by atoms with Gasteiger partial charge < -0.3 is 9.47 Å². The SMILES string of the molecule is [2H]c1cc2c(OC)nc(OC)nc2n1S(=O)(=O)c1ccccc1. The van der Waals surface area contributed by atoms with E-state index < -0.39 is 10.0 Å². The fourth-order valence-electron chi connectivity index (χ4n) is 2.01. The molecule has 0 saturated carbocycles. The van der Waals surface area contributed by atoms with Crippen molar-refractivity contribution in [3.63, 3.8) is 0 Å². The van der Waals surface area contributed by atoms with E-state index >= 15 is 0 Å². The Kier molecular flexibility index (Phi) is 3.15. The van der Waals surface area contributed by atoms with Gasteiger partial charge in [-0.2, -0.15) is 9.97 Å².